The van der Waals surface area contributed by atoms with Gasteiger partial charge in [-0.15, -0.1) is 11.3 Å². The van der Waals surface area contributed by atoms with E-state index in [9.17, 15) is 13.2 Å². The Hall–Kier alpha value is -2.66. The first-order chi connectivity index (χ1) is 14.3. The van der Waals surface area contributed by atoms with Crippen LogP contribution in [0.15, 0.2) is 52.7 Å². The Balaban J connectivity index is 1.62. The molecule has 158 valence electrons. The van der Waals surface area contributed by atoms with E-state index in [-0.39, 0.29) is 29.4 Å². The van der Waals surface area contributed by atoms with Gasteiger partial charge in [-0.1, -0.05) is 11.6 Å². The molecule has 0 saturated heterocycles. The quantitative estimate of drug-likeness (QED) is 0.503. The lowest BCUT2D eigenvalue weighted by Crippen LogP contribution is -2.14. The van der Waals surface area contributed by atoms with E-state index >= 15 is 0 Å². The van der Waals surface area contributed by atoms with Crippen LogP contribution >= 0.6 is 22.9 Å². The number of primary sulfonamides is 1. The van der Waals surface area contributed by atoms with E-state index in [4.69, 9.17) is 31.0 Å². The maximum absolute atomic E-state index is 12.4. The van der Waals surface area contributed by atoms with Gasteiger partial charge in [-0.2, -0.15) is 0 Å². The predicted molar refractivity (Wildman–Crippen MR) is 111 cm³/mol. The molecule has 0 spiro atoms. The highest BCUT2D eigenvalue weighted by Gasteiger charge is 2.19. The molecule has 0 bridgehead atoms. The molecule has 30 heavy (non-hydrogen) atoms. The van der Waals surface area contributed by atoms with Crippen LogP contribution in [0.2, 0.25) is 5.02 Å². The molecular weight excluding hydrogens is 452 g/mol. The van der Waals surface area contributed by atoms with Crippen molar-refractivity contribution in [3.63, 3.8) is 0 Å². The third-order valence-corrected chi connectivity index (χ3v) is 5.88. The third kappa shape index (κ3) is 5.70. The summed E-state index contributed by atoms with van der Waals surface area (Å²) in [6.45, 7) is 0.156. The van der Waals surface area contributed by atoms with Gasteiger partial charge in [-0.3, -0.25) is 0 Å². The molecule has 1 aromatic heterocycles. The summed E-state index contributed by atoms with van der Waals surface area (Å²) in [4.78, 5) is 16.6. The number of rotatable bonds is 8. The topological polar surface area (TPSA) is 118 Å². The SMILES string of the molecule is COc1ccc(S(N)(=O)=O)cc1C(=O)OCc1csc(COc2ccc(Cl)cc2)n1. The molecule has 0 unspecified atom stereocenters. The Morgan fingerprint density at radius 3 is 2.57 bits per heavy atom. The van der Waals surface area contributed by atoms with E-state index in [1.165, 1.54) is 30.6 Å². The number of methoxy groups -OCH3 is 1. The average Bonchev–Trinajstić information content (AvgIpc) is 3.18. The van der Waals surface area contributed by atoms with Crippen molar-refractivity contribution in [3.05, 3.63) is 69.1 Å². The predicted octanol–water partition coefficient (Wildman–Crippen LogP) is 3.39. The number of hydrogen-bond donors (Lipinski definition) is 1. The van der Waals surface area contributed by atoms with Crippen molar-refractivity contribution in [2.24, 2.45) is 5.14 Å². The lowest BCUT2D eigenvalue weighted by molar-refractivity contribution is 0.0464. The number of hydrogen-bond acceptors (Lipinski definition) is 8. The molecule has 2 N–H and O–H groups in total. The molecule has 1 heterocycles. The highest BCUT2D eigenvalue weighted by Crippen LogP contribution is 2.24. The van der Waals surface area contributed by atoms with Crippen LogP contribution in [0, 0.1) is 0 Å². The number of nitrogens with zero attached hydrogens (tertiary/aromatic N) is 1. The Morgan fingerprint density at radius 1 is 1.17 bits per heavy atom. The van der Waals surface area contributed by atoms with E-state index in [0.29, 0.717) is 21.5 Å². The van der Waals surface area contributed by atoms with Crippen molar-refractivity contribution < 1.29 is 27.4 Å². The lowest BCUT2D eigenvalue weighted by Gasteiger charge is -2.09. The molecule has 0 atom stereocenters. The minimum absolute atomic E-state index is 0.0504. The number of thiazole rings is 1. The second kappa shape index (κ2) is 9.43. The summed E-state index contributed by atoms with van der Waals surface area (Å²) in [5.41, 5.74) is 0.482. The minimum atomic E-state index is -3.97. The monoisotopic (exact) mass is 468 g/mol. The number of carbonyl (C=O) groups excluding carboxylic acids is 1. The Kier molecular flexibility index (Phi) is 6.93. The van der Waals surface area contributed by atoms with Gasteiger partial charge in [-0.05, 0) is 42.5 Å². The summed E-state index contributed by atoms with van der Waals surface area (Å²) in [5.74, 6) is 0.0662. The van der Waals surface area contributed by atoms with Crippen LogP contribution in [-0.4, -0.2) is 26.5 Å². The zero-order valence-corrected chi connectivity index (χ0v) is 18.1. The van der Waals surface area contributed by atoms with Gasteiger partial charge < -0.3 is 14.2 Å². The van der Waals surface area contributed by atoms with Crippen molar-refractivity contribution in [1.82, 2.24) is 4.98 Å². The minimum Gasteiger partial charge on any atom is -0.496 e. The average molecular weight is 469 g/mol. The summed E-state index contributed by atoms with van der Waals surface area (Å²) < 4.78 is 39.0. The number of sulfonamides is 1. The van der Waals surface area contributed by atoms with Gasteiger partial charge in [-0.25, -0.2) is 23.3 Å². The Bertz CT molecular complexity index is 1150. The fourth-order valence-electron chi connectivity index (χ4n) is 2.40. The second-order valence-corrected chi connectivity index (χ2v) is 8.90. The summed E-state index contributed by atoms with van der Waals surface area (Å²) in [7, 11) is -2.62. The molecular formula is C19H17ClN2O6S2. The fraction of sp³-hybridized carbons (Fsp3) is 0.158. The van der Waals surface area contributed by atoms with Gasteiger partial charge in [0, 0.05) is 10.4 Å². The molecule has 8 nitrogen and oxygen atoms in total. The number of aromatic nitrogens is 1. The Labute approximate surface area is 182 Å². The molecule has 2 aromatic carbocycles. The van der Waals surface area contributed by atoms with Gasteiger partial charge in [0.15, 0.2) is 0 Å². The smallest absolute Gasteiger partial charge is 0.342 e. The maximum Gasteiger partial charge on any atom is 0.342 e. The van der Waals surface area contributed by atoms with Gasteiger partial charge in [0.1, 0.15) is 35.3 Å². The number of ether oxygens (including phenoxy) is 3. The van der Waals surface area contributed by atoms with Crippen molar-refractivity contribution in [3.8, 4) is 11.5 Å². The van der Waals surface area contributed by atoms with E-state index in [2.05, 4.69) is 4.98 Å². The molecule has 0 radical (unpaired) electrons. The van der Waals surface area contributed by atoms with E-state index in [1.54, 1.807) is 29.6 Å². The molecule has 0 amide bonds. The van der Waals surface area contributed by atoms with E-state index in [1.807, 2.05) is 0 Å². The van der Waals surface area contributed by atoms with Crippen LogP contribution in [0.1, 0.15) is 21.1 Å². The van der Waals surface area contributed by atoms with Crippen molar-refractivity contribution in [2.75, 3.05) is 7.11 Å². The van der Waals surface area contributed by atoms with Crippen LogP contribution < -0.4 is 14.6 Å². The summed E-state index contributed by atoms with van der Waals surface area (Å²) in [6.07, 6.45) is 0. The molecule has 3 rings (SSSR count). The summed E-state index contributed by atoms with van der Waals surface area (Å²) in [6, 6.07) is 10.7. The first-order valence-corrected chi connectivity index (χ1v) is 11.3. The highest BCUT2D eigenvalue weighted by atomic mass is 35.5. The lowest BCUT2D eigenvalue weighted by atomic mass is 10.2. The maximum atomic E-state index is 12.4. The van der Waals surface area contributed by atoms with Gasteiger partial charge >= 0.3 is 5.97 Å². The molecule has 0 aliphatic heterocycles. The highest BCUT2D eigenvalue weighted by molar-refractivity contribution is 7.89. The van der Waals surface area contributed by atoms with Crippen LogP contribution in [0.4, 0.5) is 0 Å². The van der Waals surface area contributed by atoms with Crippen molar-refractivity contribution >= 4 is 38.9 Å². The first kappa shape index (κ1) is 22.0. The van der Waals surface area contributed by atoms with Gasteiger partial charge in [0.05, 0.1) is 17.7 Å². The summed E-state index contributed by atoms with van der Waals surface area (Å²) >= 11 is 7.19. The van der Waals surface area contributed by atoms with Crippen LogP contribution in [0.3, 0.4) is 0 Å². The van der Waals surface area contributed by atoms with Crippen LogP contribution in [0.5, 0.6) is 11.5 Å². The number of nitrogens with two attached hydrogens (primary N) is 1. The Morgan fingerprint density at radius 2 is 1.90 bits per heavy atom. The molecule has 0 saturated carbocycles. The molecule has 0 aliphatic rings. The largest absolute Gasteiger partial charge is 0.496 e. The first-order valence-electron chi connectivity index (χ1n) is 8.46. The molecule has 0 aliphatic carbocycles. The van der Waals surface area contributed by atoms with Gasteiger partial charge in [0.2, 0.25) is 10.0 Å². The molecule has 11 heteroatoms. The number of halogens is 1. The normalized spacial score (nSPS) is 11.2. The van der Waals surface area contributed by atoms with Gasteiger partial charge in [0.25, 0.3) is 0 Å². The zero-order chi connectivity index (χ0) is 21.7. The van der Waals surface area contributed by atoms with Crippen molar-refractivity contribution in [2.45, 2.75) is 18.1 Å². The molecule has 0 fully saturated rings. The zero-order valence-electron chi connectivity index (χ0n) is 15.7. The standard InChI is InChI=1S/C19H17ClN2O6S2/c1-26-17-7-6-15(30(21,24)25)8-16(17)19(23)28-9-13-11-29-18(22-13)10-27-14-4-2-12(20)3-5-14/h2-8,11H,9-10H2,1H3,(H2,21,24,25). The van der Waals surface area contributed by atoms with Crippen LogP contribution in [0.25, 0.3) is 0 Å². The van der Waals surface area contributed by atoms with E-state index in [0.717, 1.165) is 6.07 Å². The fourth-order valence-corrected chi connectivity index (χ4v) is 3.75. The van der Waals surface area contributed by atoms with Crippen LogP contribution in [-0.2, 0) is 28.0 Å². The second-order valence-electron chi connectivity index (χ2n) is 5.96. The van der Waals surface area contributed by atoms with E-state index < -0.39 is 16.0 Å². The number of carbonyl (C=O) groups is 1. The summed E-state index contributed by atoms with van der Waals surface area (Å²) in [5, 5.41) is 8.17. The third-order valence-electron chi connectivity index (χ3n) is 3.85. The molecule has 3 aromatic rings. The number of benzene rings is 2. The number of esters is 1. The van der Waals surface area contributed by atoms with Crippen molar-refractivity contribution in [1.29, 1.82) is 0 Å².